The van der Waals surface area contributed by atoms with Gasteiger partial charge in [-0.25, -0.2) is 9.18 Å². The molecule has 2 aromatic rings. The molecule has 8 heteroatoms. The smallest absolute Gasteiger partial charge is 0.414 e. The molecule has 1 aliphatic heterocycles. The van der Waals surface area contributed by atoms with E-state index in [-0.39, 0.29) is 24.6 Å². The zero-order valence-corrected chi connectivity index (χ0v) is 17.1. The van der Waals surface area contributed by atoms with Gasteiger partial charge in [-0.2, -0.15) is 5.10 Å². The molecule has 1 aliphatic carbocycles. The number of ether oxygens (including phenoxy) is 1. The van der Waals surface area contributed by atoms with Crippen LogP contribution >= 0.6 is 0 Å². The molecule has 1 unspecified atom stereocenters. The summed E-state index contributed by atoms with van der Waals surface area (Å²) in [6.07, 6.45) is 4.82. The van der Waals surface area contributed by atoms with E-state index in [1.54, 1.807) is 26.1 Å². The van der Waals surface area contributed by atoms with Crippen LogP contribution in [0.15, 0.2) is 24.5 Å². The topological polar surface area (TPSA) is 67.7 Å². The summed E-state index contributed by atoms with van der Waals surface area (Å²) < 4.78 is 22.3. The second kappa shape index (κ2) is 7.17. The van der Waals surface area contributed by atoms with Crippen molar-refractivity contribution in [1.29, 1.82) is 0 Å². The lowest BCUT2D eigenvalue weighted by atomic mass is 10.0. The molecule has 1 saturated carbocycles. The van der Waals surface area contributed by atoms with Crippen molar-refractivity contribution in [3.05, 3.63) is 30.3 Å². The number of halogens is 1. The first kappa shape index (κ1) is 19.4. The lowest BCUT2D eigenvalue weighted by molar-refractivity contribution is -0.117. The first-order valence-corrected chi connectivity index (χ1v) is 9.92. The third kappa shape index (κ3) is 3.59. The Labute approximate surface area is 169 Å². The van der Waals surface area contributed by atoms with E-state index in [4.69, 9.17) is 4.74 Å². The van der Waals surface area contributed by atoms with Gasteiger partial charge in [0.1, 0.15) is 5.82 Å². The highest BCUT2D eigenvalue weighted by atomic mass is 19.1. The van der Waals surface area contributed by atoms with E-state index < -0.39 is 11.9 Å². The molecule has 0 radical (unpaired) electrons. The molecule has 0 bridgehead atoms. The molecule has 4 rings (SSSR count). The van der Waals surface area contributed by atoms with Crippen LogP contribution < -0.4 is 9.80 Å². The zero-order chi connectivity index (χ0) is 20.9. The van der Waals surface area contributed by atoms with Gasteiger partial charge in [-0.05, 0) is 39.7 Å². The predicted molar refractivity (Wildman–Crippen MR) is 107 cm³/mol. The van der Waals surface area contributed by atoms with Crippen LogP contribution in [0.4, 0.5) is 20.6 Å². The number of hydrogen-bond acceptors (Lipinski definition) is 4. The Bertz CT molecular complexity index is 967. The summed E-state index contributed by atoms with van der Waals surface area (Å²) in [5.41, 5.74) is 1.81. The Kier molecular flexibility index (Phi) is 4.80. The third-order valence-electron chi connectivity index (χ3n) is 5.23. The number of nitrogens with zero attached hydrogens (tertiary/aromatic N) is 4. The number of carbonyl (C=O) groups excluding carboxylic acids is 2. The summed E-state index contributed by atoms with van der Waals surface area (Å²) in [6, 6.07) is 3.02. The molecule has 0 spiro atoms. The van der Waals surface area contributed by atoms with Crippen molar-refractivity contribution in [2.24, 2.45) is 0 Å². The molecule has 0 saturated heterocycles. The van der Waals surface area contributed by atoms with Crippen LogP contribution in [-0.4, -0.2) is 40.5 Å². The van der Waals surface area contributed by atoms with Crippen LogP contribution in [0.25, 0.3) is 11.1 Å². The maximum Gasteiger partial charge on any atom is 0.414 e. The average molecular weight is 400 g/mol. The van der Waals surface area contributed by atoms with E-state index in [0.717, 1.165) is 12.8 Å². The first-order chi connectivity index (χ1) is 13.8. The molecule has 1 fully saturated rings. The Balaban J connectivity index is 1.81. The average Bonchev–Trinajstić information content (AvgIpc) is 3.37. The number of hydrogen-bond donors (Lipinski definition) is 0. The van der Waals surface area contributed by atoms with Crippen molar-refractivity contribution in [2.45, 2.75) is 58.7 Å². The largest absolute Gasteiger partial charge is 0.446 e. The van der Waals surface area contributed by atoms with E-state index in [0.29, 0.717) is 28.5 Å². The van der Waals surface area contributed by atoms with Crippen molar-refractivity contribution in [1.82, 2.24) is 9.78 Å². The summed E-state index contributed by atoms with van der Waals surface area (Å²) in [5, 5.41) is 4.34. The normalized spacial score (nSPS) is 18.8. The van der Waals surface area contributed by atoms with Crippen molar-refractivity contribution in [2.75, 3.05) is 16.3 Å². The molecular formula is C21H25FN4O3. The Morgan fingerprint density at radius 3 is 2.59 bits per heavy atom. The molecule has 0 N–H and O–H groups in total. The standard InChI is InChI=1S/C21H25FN4O3/c1-12(2)29-21(28)24-10-13(3)26(14(4)27)20-8-18(22)17(7-19(20)24)15-9-23-25(11-15)16-5-6-16/h7-9,11-13,16H,5-6,10H2,1-4H3. The molecular weight excluding hydrogens is 375 g/mol. The van der Waals surface area contributed by atoms with Gasteiger partial charge in [0.25, 0.3) is 0 Å². The predicted octanol–water partition coefficient (Wildman–Crippen LogP) is 4.13. The minimum Gasteiger partial charge on any atom is -0.446 e. The second-order valence-corrected chi connectivity index (χ2v) is 8.04. The van der Waals surface area contributed by atoms with Crippen LogP contribution in [0.1, 0.15) is 46.6 Å². The van der Waals surface area contributed by atoms with Gasteiger partial charge >= 0.3 is 6.09 Å². The first-order valence-electron chi connectivity index (χ1n) is 9.92. The van der Waals surface area contributed by atoms with Crippen LogP contribution in [0.5, 0.6) is 0 Å². The highest BCUT2D eigenvalue weighted by molar-refractivity contribution is 6.03. The van der Waals surface area contributed by atoms with E-state index in [1.807, 2.05) is 17.8 Å². The minimum absolute atomic E-state index is 0.204. The zero-order valence-electron chi connectivity index (χ0n) is 17.1. The Morgan fingerprint density at radius 2 is 1.97 bits per heavy atom. The summed E-state index contributed by atoms with van der Waals surface area (Å²) in [6.45, 7) is 7.08. The monoisotopic (exact) mass is 400 g/mol. The maximum atomic E-state index is 15.1. The van der Waals surface area contributed by atoms with E-state index in [9.17, 15) is 9.59 Å². The van der Waals surface area contributed by atoms with Gasteiger partial charge in [0, 0.05) is 36.9 Å². The van der Waals surface area contributed by atoms with Crippen molar-refractivity contribution < 1.29 is 18.7 Å². The van der Waals surface area contributed by atoms with Crippen LogP contribution in [0.3, 0.4) is 0 Å². The van der Waals surface area contributed by atoms with Gasteiger partial charge in [0.2, 0.25) is 5.91 Å². The van der Waals surface area contributed by atoms with E-state index in [2.05, 4.69) is 5.10 Å². The summed E-state index contributed by atoms with van der Waals surface area (Å²) in [7, 11) is 0. The van der Waals surface area contributed by atoms with Crippen LogP contribution in [-0.2, 0) is 9.53 Å². The summed E-state index contributed by atoms with van der Waals surface area (Å²) in [4.78, 5) is 28.0. The molecule has 2 amide bonds. The van der Waals surface area contributed by atoms with Crippen LogP contribution in [0, 0.1) is 5.82 Å². The molecule has 2 aliphatic rings. The molecule has 154 valence electrons. The molecule has 29 heavy (non-hydrogen) atoms. The maximum absolute atomic E-state index is 15.1. The van der Waals surface area contributed by atoms with Gasteiger partial charge in [0.15, 0.2) is 0 Å². The van der Waals surface area contributed by atoms with E-state index in [1.165, 1.54) is 22.8 Å². The fourth-order valence-electron chi connectivity index (χ4n) is 3.80. The number of benzene rings is 1. The number of amides is 2. The second-order valence-electron chi connectivity index (χ2n) is 8.04. The highest BCUT2D eigenvalue weighted by Crippen LogP contribution is 2.41. The van der Waals surface area contributed by atoms with E-state index >= 15 is 4.39 Å². The molecule has 2 heterocycles. The highest BCUT2D eigenvalue weighted by Gasteiger charge is 2.36. The van der Waals surface area contributed by atoms with Gasteiger partial charge in [0.05, 0.1) is 35.8 Å². The SMILES string of the molecule is CC(=O)N1c2cc(F)c(-c3cnn(C4CC4)c3)cc2N(C(=O)OC(C)C)CC1C. The number of aromatic nitrogens is 2. The quantitative estimate of drug-likeness (QED) is 0.777. The number of anilines is 2. The molecule has 1 aromatic heterocycles. The molecule has 7 nitrogen and oxygen atoms in total. The molecule has 1 atom stereocenters. The lowest BCUT2D eigenvalue weighted by Gasteiger charge is -2.40. The minimum atomic E-state index is -0.512. The number of fused-ring (bicyclic) bond motifs is 1. The Morgan fingerprint density at radius 1 is 1.24 bits per heavy atom. The van der Waals surface area contributed by atoms with Crippen LogP contribution in [0.2, 0.25) is 0 Å². The van der Waals surface area contributed by atoms with Crippen molar-refractivity contribution in [3.63, 3.8) is 0 Å². The van der Waals surface area contributed by atoms with Gasteiger partial charge < -0.3 is 9.64 Å². The lowest BCUT2D eigenvalue weighted by Crippen LogP contribution is -2.51. The van der Waals surface area contributed by atoms with Crippen molar-refractivity contribution in [3.8, 4) is 11.1 Å². The summed E-state index contributed by atoms with van der Waals surface area (Å²) in [5.74, 6) is -0.666. The Hall–Kier alpha value is -2.90. The number of rotatable bonds is 3. The van der Waals surface area contributed by atoms with Gasteiger partial charge in [-0.1, -0.05) is 0 Å². The summed E-state index contributed by atoms with van der Waals surface area (Å²) >= 11 is 0. The van der Waals surface area contributed by atoms with Gasteiger partial charge in [-0.3, -0.25) is 14.4 Å². The molecule has 1 aromatic carbocycles. The van der Waals surface area contributed by atoms with Gasteiger partial charge in [-0.15, -0.1) is 0 Å². The fraction of sp³-hybridized carbons (Fsp3) is 0.476. The fourth-order valence-corrected chi connectivity index (χ4v) is 3.80. The third-order valence-corrected chi connectivity index (χ3v) is 5.23. The number of carbonyl (C=O) groups is 2. The van der Waals surface area contributed by atoms with Crippen molar-refractivity contribution >= 4 is 23.4 Å².